The first-order valence-electron chi connectivity index (χ1n) is 7.16. The van der Waals surface area contributed by atoms with Gasteiger partial charge in [-0.25, -0.2) is 9.18 Å². The second kappa shape index (κ2) is 7.98. The number of urea groups is 1. The van der Waals surface area contributed by atoms with E-state index in [2.05, 4.69) is 10.6 Å². The van der Waals surface area contributed by atoms with Crippen LogP contribution in [0.4, 0.5) is 9.18 Å². The van der Waals surface area contributed by atoms with E-state index in [4.69, 9.17) is 0 Å². The molecule has 0 aromatic heterocycles. The van der Waals surface area contributed by atoms with Crippen molar-refractivity contribution in [3.8, 4) is 0 Å². The normalized spacial score (nSPS) is 10.6. The minimum atomic E-state index is -0.257. The van der Waals surface area contributed by atoms with Crippen LogP contribution >= 0.6 is 0 Å². The fourth-order valence-corrected chi connectivity index (χ4v) is 2.00. The van der Waals surface area contributed by atoms with Gasteiger partial charge in [0.25, 0.3) is 0 Å². The summed E-state index contributed by atoms with van der Waals surface area (Å²) < 4.78 is 12.8. The Morgan fingerprint density at radius 1 is 1.14 bits per heavy atom. The Morgan fingerprint density at radius 3 is 2.59 bits per heavy atom. The molecule has 114 valence electrons. The third-order valence-corrected chi connectivity index (χ3v) is 3.28. The van der Waals surface area contributed by atoms with Gasteiger partial charge < -0.3 is 10.6 Å². The van der Waals surface area contributed by atoms with Gasteiger partial charge in [0.05, 0.1) is 0 Å². The summed E-state index contributed by atoms with van der Waals surface area (Å²) in [5.74, 6) is -0.254. The largest absolute Gasteiger partial charge is 0.338 e. The van der Waals surface area contributed by atoms with Crippen molar-refractivity contribution in [1.82, 2.24) is 10.6 Å². The Kier molecular flexibility index (Phi) is 5.72. The molecule has 2 N–H and O–H groups in total. The zero-order chi connectivity index (χ0) is 15.8. The van der Waals surface area contributed by atoms with Gasteiger partial charge in [0, 0.05) is 12.7 Å². The molecule has 2 aromatic rings. The third kappa shape index (κ3) is 5.05. The summed E-state index contributed by atoms with van der Waals surface area (Å²) in [7, 11) is 0. The van der Waals surface area contributed by atoms with E-state index in [1.165, 1.54) is 12.1 Å². The molecule has 0 atom stereocenters. The molecule has 4 heteroatoms. The molecular weight excluding hydrogens is 279 g/mol. The van der Waals surface area contributed by atoms with Crippen LogP contribution in [0.5, 0.6) is 0 Å². The van der Waals surface area contributed by atoms with Crippen LogP contribution in [0.25, 0.3) is 6.08 Å². The van der Waals surface area contributed by atoms with Crippen molar-refractivity contribution < 1.29 is 9.18 Å². The maximum atomic E-state index is 12.8. The lowest BCUT2D eigenvalue weighted by atomic mass is 10.1. The molecule has 0 bridgehead atoms. The lowest BCUT2D eigenvalue weighted by Crippen LogP contribution is -2.33. The van der Waals surface area contributed by atoms with Crippen LogP contribution in [-0.4, -0.2) is 12.6 Å². The Balaban J connectivity index is 1.72. The van der Waals surface area contributed by atoms with Crippen molar-refractivity contribution >= 4 is 12.1 Å². The molecule has 22 heavy (non-hydrogen) atoms. The number of benzene rings is 2. The molecule has 0 unspecified atom stereocenters. The molecule has 0 fully saturated rings. The molecule has 0 radical (unpaired) electrons. The Morgan fingerprint density at radius 2 is 1.86 bits per heavy atom. The monoisotopic (exact) mass is 298 g/mol. The quantitative estimate of drug-likeness (QED) is 0.869. The molecule has 2 aromatic carbocycles. The number of amides is 2. The van der Waals surface area contributed by atoms with Gasteiger partial charge in [-0.2, -0.15) is 0 Å². The Labute approximate surface area is 129 Å². The van der Waals surface area contributed by atoms with Crippen LogP contribution in [0, 0.1) is 12.7 Å². The zero-order valence-corrected chi connectivity index (χ0v) is 12.5. The molecule has 0 saturated heterocycles. The van der Waals surface area contributed by atoms with Crippen molar-refractivity contribution in [2.45, 2.75) is 13.3 Å². The summed E-state index contributed by atoms with van der Waals surface area (Å²) in [4.78, 5) is 11.6. The molecular formula is C18H19FN2O. The van der Waals surface area contributed by atoms with Gasteiger partial charge in [0.2, 0.25) is 0 Å². The molecule has 0 spiro atoms. The molecule has 3 nitrogen and oxygen atoms in total. The van der Waals surface area contributed by atoms with Gasteiger partial charge >= 0.3 is 6.03 Å². The zero-order valence-electron chi connectivity index (χ0n) is 12.5. The fraction of sp³-hybridized carbons (Fsp3) is 0.167. The molecule has 0 aliphatic rings. The van der Waals surface area contributed by atoms with Crippen LogP contribution < -0.4 is 10.6 Å². The van der Waals surface area contributed by atoms with Crippen molar-refractivity contribution in [3.05, 3.63) is 77.2 Å². The molecule has 2 rings (SSSR count). The minimum Gasteiger partial charge on any atom is -0.338 e. The first-order chi connectivity index (χ1) is 10.6. The fourth-order valence-electron chi connectivity index (χ4n) is 2.00. The predicted octanol–water partition coefficient (Wildman–Crippen LogP) is 3.65. The number of carbonyl (C=O) groups is 1. The summed E-state index contributed by atoms with van der Waals surface area (Å²) in [5.41, 5.74) is 3.20. The molecule has 2 amide bonds. The topological polar surface area (TPSA) is 41.1 Å². The highest BCUT2D eigenvalue weighted by atomic mass is 19.1. The van der Waals surface area contributed by atoms with E-state index in [1.807, 2.05) is 37.3 Å². The Bertz CT molecular complexity index is 650. The van der Waals surface area contributed by atoms with E-state index in [9.17, 15) is 9.18 Å². The minimum absolute atomic E-state index is 0.254. The maximum Gasteiger partial charge on any atom is 0.318 e. The van der Waals surface area contributed by atoms with Gasteiger partial charge in [0.1, 0.15) is 5.82 Å². The standard InChI is InChI=1S/C18H19FN2O/c1-14-4-2-3-5-16(14)11-13-21-18(22)20-12-10-15-6-8-17(19)9-7-15/h2-9,11,13H,10,12H2,1H3,(H2,20,21,22)/b13-11+. The van der Waals surface area contributed by atoms with Gasteiger partial charge in [-0.3, -0.25) is 0 Å². The van der Waals surface area contributed by atoms with Gasteiger partial charge in [-0.05, 0) is 48.2 Å². The second-order valence-electron chi connectivity index (χ2n) is 4.97. The molecule has 0 aliphatic heterocycles. The van der Waals surface area contributed by atoms with Crippen molar-refractivity contribution in [3.63, 3.8) is 0 Å². The number of halogens is 1. The third-order valence-electron chi connectivity index (χ3n) is 3.28. The molecule has 0 aliphatic carbocycles. The Hall–Kier alpha value is -2.62. The number of nitrogens with one attached hydrogen (secondary N) is 2. The van der Waals surface area contributed by atoms with Crippen LogP contribution in [0.1, 0.15) is 16.7 Å². The van der Waals surface area contributed by atoms with Gasteiger partial charge in [-0.15, -0.1) is 0 Å². The maximum absolute atomic E-state index is 12.8. The predicted molar refractivity (Wildman–Crippen MR) is 86.9 cm³/mol. The average molecular weight is 298 g/mol. The van der Waals surface area contributed by atoms with Crippen LogP contribution in [0.15, 0.2) is 54.7 Å². The summed E-state index contributed by atoms with van der Waals surface area (Å²) in [6.07, 6.45) is 4.14. The lowest BCUT2D eigenvalue weighted by Gasteiger charge is -2.05. The van der Waals surface area contributed by atoms with E-state index in [0.29, 0.717) is 13.0 Å². The summed E-state index contributed by atoms with van der Waals surface area (Å²) in [5, 5.41) is 5.41. The molecule has 0 heterocycles. The number of hydrogen-bond acceptors (Lipinski definition) is 1. The summed E-state index contributed by atoms with van der Waals surface area (Å²) >= 11 is 0. The van der Waals surface area contributed by atoms with Crippen LogP contribution in [0.3, 0.4) is 0 Å². The number of aryl methyl sites for hydroxylation is 1. The van der Waals surface area contributed by atoms with Crippen molar-refractivity contribution in [2.75, 3.05) is 6.54 Å². The van der Waals surface area contributed by atoms with E-state index in [0.717, 1.165) is 16.7 Å². The van der Waals surface area contributed by atoms with E-state index < -0.39 is 0 Å². The van der Waals surface area contributed by atoms with Gasteiger partial charge in [0.15, 0.2) is 0 Å². The highest BCUT2D eigenvalue weighted by Crippen LogP contribution is 2.08. The van der Waals surface area contributed by atoms with Crippen molar-refractivity contribution in [1.29, 1.82) is 0 Å². The van der Waals surface area contributed by atoms with E-state index in [-0.39, 0.29) is 11.8 Å². The summed E-state index contributed by atoms with van der Waals surface area (Å²) in [6, 6.07) is 13.9. The average Bonchev–Trinajstić information content (AvgIpc) is 2.51. The van der Waals surface area contributed by atoms with E-state index in [1.54, 1.807) is 18.3 Å². The highest BCUT2D eigenvalue weighted by molar-refractivity contribution is 5.76. The highest BCUT2D eigenvalue weighted by Gasteiger charge is 1.98. The first kappa shape index (κ1) is 15.8. The van der Waals surface area contributed by atoms with Crippen molar-refractivity contribution in [2.24, 2.45) is 0 Å². The lowest BCUT2D eigenvalue weighted by molar-refractivity contribution is 0.244. The van der Waals surface area contributed by atoms with E-state index >= 15 is 0 Å². The first-order valence-corrected chi connectivity index (χ1v) is 7.16. The summed E-state index contributed by atoms with van der Waals surface area (Å²) in [6.45, 7) is 2.51. The second-order valence-corrected chi connectivity index (χ2v) is 4.97. The van der Waals surface area contributed by atoms with Crippen LogP contribution in [0.2, 0.25) is 0 Å². The number of carbonyl (C=O) groups excluding carboxylic acids is 1. The number of hydrogen-bond donors (Lipinski definition) is 2. The SMILES string of the molecule is Cc1ccccc1/C=C/NC(=O)NCCc1ccc(F)cc1. The number of rotatable bonds is 5. The smallest absolute Gasteiger partial charge is 0.318 e. The van der Waals surface area contributed by atoms with Crippen LogP contribution in [-0.2, 0) is 6.42 Å². The van der Waals surface area contributed by atoms with Gasteiger partial charge in [-0.1, -0.05) is 36.4 Å². The molecule has 0 saturated carbocycles.